The van der Waals surface area contributed by atoms with Gasteiger partial charge in [0.15, 0.2) is 0 Å². The Morgan fingerprint density at radius 2 is 1.59 bits per heavy atom. The maximum absolute atomic E-state index is 13.8. The lowest BCUT2D eigenvalue weighted by Gasteiger charge is -2.29. The smallest absolute Gasteiger partial charge is 0.262 e. The molecule has 41 heavy (non-hydrogen) atoms. The molecule has 2 amide bonds. The molecule has 0 unspecified atom stereocenters. The Labute approximate surface area is 247 Å². The molecule has 0 atom stereocenters. The summed E-state index contributed by atoms with van der Waals surface area (Å²) in [4.78, 5) is 35.2. The number of hydrogen-bond donors (Lipinski definition) is 0. The molecule has 0 radical (unpaired) electrons. The SMILES string of the molecule is CN(C)CCN1C(=O)c2cccc3cc4c(N=Cc5cccc(Oc6cc(Cl)cc(Cl)c6)c5)cccc4c(c23)C1=O. The van der Waals surface area contributed by atoms with E-state index in [9.17, 15) is 9.59 Å². The molecule has 6 nitrogen and oxygen atoms in total. The molecule has 0 fully saturated rings. The largest absolute Gasteiger partial charge is 0.457 e. The summed E-state index contributed by atoms with van der Waals surface area (Å²) < 4.78 is 5.96. The topological polar surface area (TPSA) is 62.2 Å². The van der Waals surface area contributed by atoms with E-state index in [4.69, 9.17) is 32.9 Å². The molecular weight excluding hydrogens is 557 g/mol. The van der Waals surface area contributed by atoms with Gasteiger partial charge in [-0.3, -0.25) is 19.5 Å². The molecule has 1 heterocycles. The number of fused-ring (bicyclic) bond motifs is 2. The van der Waals surface area contributed by atoms with Crippen LogP contribution in [0.15, 0.2) is 89.9 Å². The normalized spacial score (nSPS) is 13.2. The minimum Gasteiger partial charge on any atom is -0.457 e. The lowest BCUT2D eigenvalue weighted by Crippen LogP contribution is -2.43. The molecule has 0 N–H and O–H groups in total. The maximum Gasteiger partial charge on any atom is 0.262 e. The zero-order chi connectivity index (χ0) is 28.7. The molecular formula is C33H25Cl2N3O3. The van der Waals surface area contributed by atoms with Crippen LogP contribution in [0.1, 0.15) is 26.3 Å². The molecule has 0 saturated heterocycles. The molecule has 0 aromatic heterocycles. The first kappa shape index (κ1) is 27.0. The zero-order valence-electron chi connectivity index (χ0n) is 22.4. The summed E-state index contributed by atoms with van der Waals surface area (Å²) in [6.45, 7) is 0.894. The summed E-state index contributed by atoms with van der Waals surface area (Å²) in [5, 5.41) is 4.11. The van der Waals surface area contributed by atoms with E-state index in [1.165, 1.54) is 4.90 Å². The molecule has 1 aliphatic heterocycles. The number of likely N-dealkylation sites (N-methyl/N-ethyl adjacent to an activating group) is 1. The van der Waals surface area contributed by atoms with Gasteiger partial charge in [0.2, 0.25) is 0 Å². The highest BCUT2D eigenvalue weighted by atomic mass is 35.5. The van der Waals surface area contributed by atoms with Gasteiger partial charge in [0.25, 0.3) is 11.8 Å². The lowest BCUT2D eigenvalue weighted by atomic mass is 9.89. The highest BCUT2D eigenvalue weighted by Crippen LogP contribution is 2.39. The fraction of sp³-hybridized carbons (Fsp3) is 0.121. The Balaban J connectivity index is 1.39. The number of rotatable bonds is 7. The number of hydrogen-bond acceptors (Lipinski definition) is 5. The molecule has 8 heteroatoms. The van der Waals surface area contributed by atoms with E-state index >= 15 is 0 Å². The van der Waals surface area contributed by atoms with E-state index in [1.807, 2.05) is 79.7 Å². The van der Waals surface area contributed by atoms with Gasteiger partial charge in [0.05, 0.1) is 11.3 Å². The Hall–Kier alpha value is -4.23. The quantitative estimate of drug-likeness (QED) is 0.111. The van der Waals surface area contributed by atoms with Crippen LogP contribution in [-0.2, 0) is 0 Å². The summed E-state index contributed by atoms with van der Waals surface area (Å²) in [7, 11) is 3.84. The summed E-state index contributed by atoms with van der Waals surface area (Å²) in [6.07, 6.45) is 1.76. The van der Waals surface area contributed by atoms with Crippen LogP contribution in [0.2, 0.25) is 10.0 Å². The van der Waals surface area contributed by atoms with E-state index in [0.717, 1.165) is 21.7 Å². The van der Waals surface area contributed by atoms with Crippen LogP contribution >= 0.6 is 23.2 Å². The molecule has 5 aromatic carbocycles. The summed E-state index contributed by atoms with van der Waals surface area (Å²) in [5.41, 5.74) is 2.63. The van der Waals surface area contributed by atoms with Crippen LogP contribution < -0.4 is 4.74 Å². The second kappa shape index (κ2) is 11.0. The van der Waals surface area contributed by atoms with Crippen molar-refractivity contribution in [2.24, 2.45) is 4.99 Å². The van der Waals surface area contributed by atoms with Gasteiger partial charge in [-0.2, -0.15) is 0 Å². The number of aliphatic imine (C=N–C) groups is 1. The third-order valence-corrected chi connectivity index (χ3v) is 7.42. The predicted molar refractivity (Wildman–Crippen MR) is 166 cm³/mol. The molecule has 0 bridgehead atoms. The van der Waals surface area contributed by atoms with Crippen LogP contribution in [0.25, 0.3) is 21.5 Å². The Bertz CT molecular complexity index is 1860. The van der Waals surface area contributed by atoms with E-state index in [2.05, 4.69) is 0 Å². The zero-order valence-corrected chi connectivity index (χ0v) is 23.9. The fourth-order valence-electron chi connectivity index (χ4n) is 5.10. The minimum absolute atomic E-state index is 0.259. The third-order valence-electron chi connectivity index (χ3n) is 6.99. The summed E-state index contributed by atoms with van der Waals surface area (Å²) in [6, 6.07) is 25.9. The maximum atomic E-state index is 13.8. The van der Waals surface area contributed by atoms with E-state index in [0.29, 0.717) is 56.8 Å². The highest BCUT2D eigenvalue weighted by molar-refractivity contribution is 6.35. The lowest BCUT2D eigenvalue weighted by molar-refractivity contribution is 0.0602. The number of carbonyl (C=O) groups excluding carboxylic acids is 2. The van der Waals surface area contributed by atoms with Crippen molar-refractivity contribution in [1.29, 1.82) is 0 Å². The van der Waals surface area contributed by atoms with Gasteiger partial charge >= 0.3 is 0 Å². The van der Waals surface area contributed by atoms with Crippen molar-refractivity contribution in [3.8, 4) is 11.5 Å². The molecule has 6 rings (SSSR count). The van der Waals surface area contributed by atoms with Crippen molar-refractivity contribution < 1.29 is 14.3 Å². The van der Waals surface area contributed by atoms with Crippen LogP contribution in [0, 0.1) is 0 Å². The van der Waals surface area contributed by atoms with Crippen molar-refractivity contribution in [2.75, 3.05) is 27.2 Å². The highest BCUT2D eigenvalue weighted by Gasteiger charge is 2.34. The molecule has 0 saturated carbocycles. The van der Waals surface area contributed by atoms with Gasteiger partial charge in [0, 0.05) is 45.7 Å². The number of nitrogens with zero attached hydrogens (tertiary/aromatic N) is 3. The Kier molecular flexibility index (Phi) is 7.22. The van der Waals surface area contributed by atoms with Crippen LogP contribution in [0.5, 0.6) is 11.5 Å². The standard InChI is InChI=1S/C33H25Cl2N3O3/c1-37(2)12-13-38-32(39)27-10-4-7-21-15-28-26(31(30(21)27)33(38)40)9-5-11-29(28)36-19-20-6-3-8-24(14-20)41-25-17-22(34)16-23(35)18-25/h3-11,14-19H,12-13H2,1-2H3. The molecule has 1 aliphatic rings. The number of amides is 2. The van der Waals surface area contributed by atoms with Crippen molar-refractivity contribution in [3.63, 3.8) is 0 Å². The number of ether oxygens (including phenoxy) is 1. The van der Waals surface area contributed by atoms with Gasteiger partial charge in [-0.05, 0) is 79.0 Å². The molecule has 204 valence electrons. The number of halogens is 2. The first-order valence-corrected chi connectivity index (χ1v) is 13.8. The molecule has 5 aromatic rings. The first-order chi connectivity index (χ1) is 19.8. The second-order valence-corrected chi connectivity index (χ2v) is 11.0. The monoisotopic (exact) mass is 581 g/mol. The predicted octanol–water partition coefficient (Wildman–Crippen LogP) is 8.00. The fourth-order valence-corrected chi connectivity index (χ4v) is 5.60. The molecule has 0 aliphatic carbocycles. The third kappa shape index (κ3) is 5.30. The summed E-state index contributed by atoms with van der Waals surface area (Å²) >= 11 is 12.2. The van der Waals surface area contributed by atoms with E-state index in [1.54, 1.807) is 30.5 Å². The van der Waals surface area contributed by atoms with Gasteiger partial charge in [-0.1, -0.05) is 59.6 Å². The van der Waals surface area contributed by atoms with E-state index < -0.39 is 0 Å². The Morgan fingerprint density at radius 1 is 0.829 bits per heavy atom. The first-order valence-electron chi connectivity index (χ1n) is 13.1. The van der Waals surface area contributed by atoms with Gasteiger partial charge in [-0.25, -0.2) is 0 Å². The second-order valence-electron chi connectivity index (χ2n) is 10.1. The number of imide groups is 1. The van der Waals surface area contributed by atoms with Crippen LogP contribution in [-0.4, -0.2) is 55.0 Å². The minimum atomic E-state index is -0.279. The van der Waals surface area contributed by atoms with Crippen molar-refractivity contribution in [3.05, 3.63) is 112 Å². The average Bonchev–Trinajstić information content (AvgIpc) is 2.93. The van der Waals surface area contributed by atoms with Crippen molar-refractivity contribution in [2.45, 2.75) is 0 Å². The van der Waals surface area contributed by atoms with Crippen LogP contribution in [0.4, 0.5) is 5.69 Å². The summed E-state index contributed by atoms with van der Waals surface area (Å²) in [5.74, 6) is 0.610. The van der Waals surface area contributed by atoms with Crippen LogP contribution in [0.3, 0.4) is 0 Å². The van der Waals surface area contributed by atoms with Crippen molar-refractivity contribution >= 4 is 68.5 Å². The van der Waals surface area contributed by atoms with Gasteiger partial charge < -0.3 is 9.64 Å². The molecule has 0 spiro atoms. The average molecular weight is 582 g/mol. The van der Waals surface area contributed by atoms with Gasteiger partial charge in [-0.15, -0.1) is 0 Å². The van der Waals surface area contributed by atoms with Gasteiger partial charge in [0.1, 0.15) is 11.5 Å². The Morgan fingerprint density at radius 3 is 2.37 bits per heavy atom. The number of benzene rings is 5. The van der Waals surface area contributed by atoms with E-state index in [-0.39, 0.29) is 11.8 Å². The van der Waals surface area contributed by atoms with Crippen molar-refractivity contribution in [1.82, 2.24) is 9.80 Å². The number of carbonyl (C=O) groups is 2.